The van der Waals surface area contributed by atoms with Crippen LogP contribution in [0, 0.1) is 11.8 Å². The molecular weight excluding hydrogens is 495 g/mol. The third-order valence-electron chi connectivity index (χ3n) is 5.87. The number of ether oxygens (including phenoxy) is 4. The van der Waals surface area contributed by atoms with Gasteiger partial charge in [-0.25, -0.2) is 4.79 Å². The van der Waals surface area contributed by atoms with Crippen LogP contribution in [0.3, 0.4) is 0 Å². The van der Waals surface area contributed by atoms with Gasteiger partial charge in [0.2, 0.25) is 0 Å². The number of alkyl halides is 3. The maximum atomic E-state index is 13.0. The molecule has 204 valence electrons. The molecule has 1 N–H and O–H groups in total. The van der Waals surface area contributed by atoms with Crippen LogP contribution in [0.1, 0.15) is 49.2 Å². The third kappa shape index (κ3) is 7.26. The minimum absolute atomic E-state index is 0.0110. The second kappa shape index (κ2) is 11.6. The molecule has 0 aromatic heterocycles. The smallest absolute Gasteiger partial charge is 0.401 e. The van der Waals surface area contributed by atoms with Crippen molar-refractivity contribution in [1.82, 2.24) is 4.90 Å². The summed E-state index contributed by atoms with van der Waals surface area (Å²) < 4.78 is 60.6. The summed E-state index contributed by atoms with van der Waals surface area (Å²) in [6.45, 7) is 3.69. The Kier molecular flexibility index (Phi) is 8.91. The van der Waals surface area contributed by atoms with Gasteiger partial charge in [-0.1, -0.05) is 25.5 Å². The van der Waals surface area contributed by atoms with Crippen molar-refractivity contribution in [2.75, 3.05) is 33.9 Å². The van der Waals surface area contributed by atoms with Crippen molar-refractivity contribution in [3.05, 3.63) is 46.7 Å². The Morgan fingerprint density at radius 2 is 2.00 bits per heavy atom. The molecule has 0 bridgehead atoms. The monoisotopic (exact) mass is 527 g/mol. The summed E-state index contributed by atoms with van der Waals surface area (Å²) >= 11 is 0. The average Bonchev–Trinajstić information content (AvgIpc) is 2.75. The first-order valence-electron chi connectivity index (χ1n) is 11.9. The van der Waals surface area contributed by atoms with Crippen molar-refractivity contribution in [1.29, 1.82) is 0 Å². The van der Waals surface area contributed by atoms with Crippen LogP contribution in [0.2, 0.25) is 0 Å². The third-order valence-corrected chi connectivity index (χ3v) is 5.87. The van der Waals surface area contributed by atoms with E-state index in [1.807, 2.05) is 13.8 Å². The number of aliphatic hydroxyl groups excluding tert-OH is 1. The van der Waals surface area contributed by atoms with Crippen molar-refractivity contribution in [2.45, 2.75) is 45.6 Å². The number of carbonyl (C=O) groups is 2. The zero-order chi connectivity index (χ0) is 27.5. The lowest BCUT2D eigenvalue weighted by Gasteiger charge is -2.33. The first-order valence-corrected chi connectivity index (χ1v) is 11.9. The van der Waals surface area contributed by atoms with E-state index in [0.29, 0.717) is 17.6 Å². The predicted molar refractivity (Wildman–Crippen MR) is 127 cm³/mol. The van der Waals surface area contributed by atoms with Gasteiger partial charge in [-0.2, -0.15) is 13.2 Å². The van der Waals surface area contributed by atoms with Crippen molar-refractivity contribution >= 4 is 11.9 Å². The van der Waals surface area contributed by atoms with Gasteiger partial charge in [0, 0.05) is 5.56 Å². The number of hydrogen-bond donors (Lipinski definition) is 1. The maximum Gasteiger partial charge on any atom is 0.401 e. The number of esters is 2. The highest BCUT2D eigenvalue weighted by atomic mass is 19.4. The van der Waals surface area contributed by atoms with Crippen LogP contribution in [0.5, 0.6) is 11.5 Å². The van der Waals surface area contributed by atoms with Gasteiger partial charge in [0.05, 0.1) is 32.2 Å². The van der Waals surface area contributed by atoms with Gasteiger partial charge in [-0.3, -0.25) is 9.69 Å². The van der Waals surface area contributed by atoms with E-state index < -0.39 is 49.3 Å². The first-order chi connectivity index (χ1) is 17.3. The van der Waals surface area contributed by atoms with Crippen LogP contribution < -0.4 is 9.47 Å². The van der Waals surface area contributed by atoms with Crippen LogP contribution in [0.15, 0.2) is 35.6 Å². The molecule has 1 aliphatic carbocycles. The zero-order valence-corrected chi connectivity index (χ0v) is 21.4. The molecule has 0 saturated carbocycles. The van der Waals surface area contributed by atoms with E-state index in [1.165, 1.54) is 13.2 Å². The zero-order valence-electron chi connectivity index (χ0n) is 21.4. The number of fused-ring (bicyclic) bond motifs is 2. The Labute approximate surface area is 213 Å². The minimum Gasteiger partial charge on any atom is -0.495 e. The van der Waals surface area contributed by atoms with Gasteiger partial charge in [-0.15, -0.1) is 0 Å². The minimum atomic E-state index is -4.46. The van der Waals surface area contributed by atoms with E-state index in [4.69, 9.17) is 18.9 Å². The van der Waals surface area contributed by atoms with Gasteiger partial charge < -0.3 is 24.1 Å². The lowest BCUT2D eigenvalue weighted by atomic mass is 9.91. The molecule has 1 aromatic rings. The Balaban J connectivity index is 1.91. The van der Waals surface area contributed by atoms with E-state index in [9.17, 15) is 27.9 Å². The number of rotatable bonds is 8. The molecule has 0 spiro atoms. The molecule has 0 radical (unpaired) electrons. The molecule has 11 heteroatoms. The molecule has 2 aliphatic rings. The summed E-state index contributed by atoms with van der Waals surface area (Å²) in [4.78, 5) is 26.3. The number of hydrogen-bond acceptors (Lipinski definition) is 8. The number of halogens is 3. The molecule has 1 aromatic carbocycles. The molecule has 0 fully saturated rings. The van der Waals surface area contributed by atoms with Gasteiger partial charge in [0.1, 0.15) is 29.4 Å². The number of nitrogens with zero attached hydrogens (tertiary/aromatic N) is 1. The van der Waals surface area contributed by atoms with Crippen LogP contribution in [0.25, 0.3) is 0 Å². The van der Waals surface area contributed by atoms with E-state index in [-0.39, 0.29) is 35.3 Å². The van der Waals surface area contributed by atoms with Crippen molar-refractivity contribution in [2.24, 2.45) is 11.8 Å². The lowest BCUT2D eigenvalue weighted by molar-refractivity contribution is -0.153. The highest BCUT2D eigenvalue weighted by molar-refractivity contribution is 5.96. The van der Waals surface area contributed by atoms with Gasteiger partial charge >= 0.3 is 18.1 Å². The molecule has 1 unspecified atom stereocenters. The van der Waals surface area contributed by atoms with Gasteiger partial charge in [0.25, 0.3) is 0 Å². The maximum absolute atomic E-state index is 13.0. The summed E-state index contributed by atoms with van der Waals surface area (Å²) in [7, 11) is 2.53. The fraction of sp³-hybridized carbons (Fsp3) is 0.538. The standard InChI is InChI=1S/C26H32F3NO7/c1-14(2)8-18(31)17-6-7-19-22(24(17)34-5)25(33)35-12-16-9-15(3)10-20(23(16)37-19)36-21(32)11-30(4)13-26(27,28)29/h6-7,9-10,14,16,18,23,31H,8,11-13H2,1-5H3/t16-,18+,23?/m1/s1. The molecule has 1 aliphatic heterocycles. The second-order valence-corrected chi connectivity index (χ2v) is 9.73. The number of cyclic esters (lactones) is 1. The average molecular weight is 528 g/mol. The molecule has 1 heterocycles. The predicted octanol–water partition coefficient (Wildman–Crippen LogP) is 4.19. The molecule has 3 rings (SSSR count). The summed E-state index contributed by atoms with van der Waals surface area (Å²) in [6.07, 6.45) is -2.45. The SMILES string of the molecule is COc1c([C@@H](O)CC(C)C)ccc2c1C(=O)OC[C@H]1C=C(C)C=C(OC(=O)CN(C)CC(F)(F)F)C1O2. The Bertz CT molecular complexity index is 1080. The first kappa shape index (κ1) is 28.5. The number of likely N-dealkylation sites (N-methyl/N-ethyl adjacent to an activating group) is 1. The number of carbonyl (C=O) groups excluding carboxylic acids is 2. The van der Waals surface area contributed by atoms with Crippen LogP contribution in [0.4, 0.5) is 13.2 Å². The van der Waals surface area contributed by atoms with Crippen LogP contribution >= 0.6 is 0 Å². The topological polar surface area (TPSA) is 94.5 Å². The number of allylic oxidation sites excluding steroid dienone is 2. The van der Waals surface area contributed by atoms with E-state index >= 15 is 0 Å². The largest absolute Gasteiger partial charge is 0.495 e. The second-order valence-electron chi connectivity index (χ2n) is 9.73. The normalized spacial score (nSPS) is 20.5. The highest BCUT2D eigenvalue weighted by Crippen LogP contribution is 2.41. The van der Waals surface area contributed by atoms with E-state index in [2.05, 4.69) is 0 Å². The van der Waals surface area contributed by atoms with Gasteiger partial charge in [-0.05, 0) is 44.5 Å². The van der Waals surface area contributed by atoms with Crippen molar-refractivity contribution in [3.63, 3.8) is 0 Å². The lowest BCUT2D eigenvalue weighted by Crippen LogP contribution is -2.39. The molecule has 37 heavy (non-hydrogen) atoms. The molecule has 8 nitrogen and oxygen atoms in total. The Hall–Kier alpha value is -3.05. The molecule has 3 atom stereocenters. The number of methoxy groups -OCH3 is 1. The summed E-state index contributed by atoms with van der Waals surface area (Å²) in [5.41, 5.74) is 1.10. The molecule has 0 saturated heterocycles. The molecule has 0 amide bonds. The van der Waals surface area contributed by atoms with E-state index in [0.717, 1.165) is 11.9 Å². The van der Waals surface area contributed by atoms with Crippen molar-refractivity contribution < 1.29 is 46.8 Å². The summed E-state index contributed by atoms with van der Waals surface area (Å²) in [6, 6.07) is 3.11. The highest BCUT2D eigenvalue weighted by Gasteiger charge is 2.38. The summed E-state index contributed by atoms with van der Waals surface area (Å²) in [5.74, 6) is -1.62. The number of aliphatic hydroxyl groups is 1. The van der Waals surface area contributed by atoms with Crippen molar-refractivity contribution in [3.8, 4) is 11.5 Å². The van der Waals surface area contributed by atoms with E-state index in [1.54, 1.807) is 25.1 Å². The summed E-state index contributed by atoms with van der Waals surface area (Å²) in [5, 5.41) is 10.7. The quantitative estimate of drug-likeness (QED) is 0.503. The number of benzene rings is 1. The Morgan fingerprint density at radius 1 is 1.30 bits per heavy atom. The fourth-order valence-corrected chi connectivity index (χ4v) is 4.41. The Morgan fingerprint density at radius 3 is 2.62 bits per heavy atom. The van der Waals surface area contributed by atoms with Gasteiger partial charge in [0.15, 0.2) is 6.10 Å². The fourth-order valence-electron chi connectivity index (χ4n) is 4.41. The van der Waals surface area contributed by atoms with Crippen LogP contribution in [-0.4, -0.2) is 68.1 Å². The molecular formula is C26H32F3NO7. The van der Waals surface area contributed by atoms with Crippen LogP contribution in [-0.2, 0) is 14.3 Å².